The Kier molecular flexibility index (Phi) is 8.46. The topological polar surface area (TPSA) is 48.9 Å². The van der Waals surface area contributed by atoms with Crippen molar-refractivity contribution in [2.24, 2.45) is 4.99 Å². The third-order valence-corrected chi connectivity index (χ3v) is 4.55. The lowest BCUT2D eigenvalue weighted by molar-refractivity contribution is 0.249. The van der Waals surface area contributed by atoms with Gasteiger partial charge < -0.3 is 20.3 Å². The fourth-order valence-electron chi connectivity index (χ4n) is 3.08. The van der Waals surface area contributed by atoms with Gasteiger partial charge in [0, 0.05) is 32.7 Å². The van der Waals surface area contributed by atoms with E-state index in [0.29, 0.717) is 6.61 Å². The normalized spacial score (nSPS) is 15.7. The SMILES string of the molecule is CN=C(NCCCOc1ccccc1)NCCN(C)C1CCCC1. The lowest BCUT2D eigenvalue weighted by Crippen LogP contribution is -2.42. The summed E-state index contributed by atoms with van der Waals surface area (Å²) in [4.78, 5) is 6.75. The Balaban J connectivity index is 1.52. The summed E-state index contributed by atoms with van der Waals surface area (Å²) >= 11 is 0. The van der Waals surface area contributed by atoms with E-state index < -0.39 is 0 Å². The van der Waals surface area contributed by atoms with Crippen LogP contribution in [0.15, 0.2) is 35.3 Å². The highest BCUT2D eigenvalue weighted by Crippen LogP contribution is 2.21. The molecule has 1 saturated carbocycles. The molecule has 24 heavy (non-hydrogen) atoms. The summed E-state index contributed by atoms with van der Waals surface area (Å²) in [7, 11) is 4.05. The second-order valence-corrected chi connectivity index (χ2v) is 6.36. The maximum atomic E-state index is 5.68. The molecule has 0 spiro atoms. The first-order valence-corrected chi connectivity index (χ1v) is 9.12. The van der Waals surface area contributed by atoms with E-state index in [4.69, 9.17) is 4.74 Å². The van der Waals surface area contributed by atoms with Gasteiger partial charge in [-0.15, -0.1) is 0 Å². The minimum atomic E-state index is 0.707. The van der Waals surface area contributed by atoms with E-state index >= 15 is 0 Å². The van der Waals surface area contributed by atoms with Crippen molar-refractivity contribution in [1.82, 2.24) is 15.5 Å². The Morgan fingerprint density at radius 3 is 2.58 bits per heavy atom. The molecule has 1 aliphatic carbocycles. The Bertz CT molecular complexity index is 472. The van der Waals surface area contributed by atoms with Crippen LogP contribution < -0.4 is 15.4 Å². The Hall–Kier alpha value is -1.75. The van der Waals surface area contributed by atoms with Gasteiger partial charge in [-0.1, -0.05) is 31.0 Å². The Morgan fingerprint density at radius 1 is 1.17 bits per heavy atom. The smallest absolute Gasteiger partial charge is 0.191 e. The van der Waals surface area contributed by atoms with Crippen molar-refractivity contribution in [3.8, 4) is 5.75 Å². The van der Waals surface area contributed by atoms with Crippen molar-refractivity contribution in [3.05, 3.63) is 30.3 Å². The highest BCUT2D eigenvalue weighted by Gasteiger charge is 2.18. The third kappa shape index (κ3) is 6.79. The van der Waals surface area contributed by atoms with Crippen LogP contribution in [0.5, 0.6) is 5.75 Å². The lowest BCUT2D eigenvalue weighted by atomic mass is 10.2. The van der Waals surface area contributed by atoms with E-state index in [1.165, 1.54) is 25.7 Å². The molecule has 0 saturated heterocycles. The van der Waals surface area contributed by atoms with Gasteiger partial charge >= 0.3 is 0 Å². The molecule has 0 bridgehead atoms. The van der Waals surface area contributed by atoms with Crippen molar-refractivity contribution in [3.63, 3.8) is 0 Å². The van der Waals surface area contributed by atoms with Crippen LogP contribution in [0.1, 0.15) is 32.1 Å². The van der Waals surface area contributed by atoms with Crippen LogP contribution in [0, 0.1) is 0 Å². The molecule has 0 radical (unpaired) electrons. The van der Waals surface area contributed by atoms with Gasteiger partial charge in [0.25, 0.3) is 0 Å². The number of para-hydroxylation sites is 1. The second kappa shape index (κ2) is 10.9. The molecule has 0 heterocycles. The minimum absolute atomic E-state index is 0.707. The quantitative estimate of drug-likeness (QED) is 0.414. The van der Waals surface area contributed by atoms with Crippen molar-refractivity contribution in [1.29, 1.82) is 0 Å². The number of hydrogen-bond donors (Lipinski definition) is 2. The number of nitrogens with one attached hydrogen (secondary N) is 2. The summed E-state index contributed by atoms with van der Waals surface area (Å²) < 4.78 is 5.68. The van der Waals surface area contributed by atoms with E-state index in [2.05, 4.69) is 27.6 Å². The molecular weight excluding hydrogens is 300 g/mol. The number of aliphatic imine (C=N–C) groups is 1. The van der Waals surface area contributed by atoms with Gasteiger partial charge in [0.1, 0.15) is 5.75 Å². The van der Waals surface area contributed by atoms with E-state index in [1.54, 1.807) is 0 Å². The number of ether oxygens (including phenoxy) is 1. The molecule has 0 atom stereocenters. The number of likely N-dealkylation sites (N-methyl/N-ethyl adjacent to an activating group) is 1. The van der Waals surface area contributed by atoms with Crippen LogP contribution >= 0.6 is 0 Å². The average molecular weight is 332 g/mol. The van der Waals surface area contributed by atoms with Crippen LogP contribution in [-0.2, 0) is 0 Å². The van der Waals surface area contributed by atoms with Gasteiger partial charge in [-0.2, -0.15) is 0 Å². The Labute approximate surface area is 146 Å². The van der Waals surface area contributed by atoms with Crippen LogP contribution in [0.4, 0.5) is 0 Å². The molecule has 134 valence electrons. The van der Waals surface area contributed by atoms with Gasteiger partial charge in [-0.25, -0.2) is 0 Å². The maximum Gasteiger partial charge on any atom is 0.191 e. The van der Waals surface area contributed by atoms with Gasteiger partial charge in [0.15, 0.2) is 5.96 Å². The fraction of sp³-hybridized carbons (Fsp3) is 0.632. The van der Waals surface area contributed by atoms with E-state index in [-0.39, 0.29) is 0 Å². The molecule has 5 nitrogen and oxygen atoms in total. The van der Waals surface area contributed by atoms with Crippen molar-refractivity contribution >= 4 is 5.96 Å². The summed E-state index contributed by atoms with van der Waals surface area (Å²) in [6, 6.07) is 10.7. The summed E-state index contributed by atoms with van der Waals surface area (Å²) in [6.07, 6.45) is 6.42. The summed E-state index contributed by atoms with van der Waals surface area (Å²) in [6.45, 7) is 3.54. The molecule has 0 aliphatic heterocycles. The van der Waals surface area contributed by atoms with Gasteiger partial charge in [0.2, 0.25) is 0 Å². The zero-order chi connectivity index (χ0) is 17.0. The molecule has 2 rings (SSSR count). The van der Waals surface area contributed by atoms with Crippen LogP contribution in [0.3, 0.4) is 0 Å². The average Bonchev–Trinajstić information content (AvgIpc) is 3.15. The second-order valence-electron chi connectivity index (χ2n) is 6.36. The monoisotopic (exact) mass is 332 g/mol. The van der Waals surface area contributed by atoms with Crippen LogP contribution in [0.25, 0.3) is 0 Å². The molecule has 1 aliphatic rings. The number of guanidine groups is 1. The van der Waals surface area contributed by atoms with Crippen molar-refractivity contribution in [2.75, 3.05) is 40.3 Å². The van der Waals surface area contributed by atoms with Gasteiger partial charge in [-0.05, 0) is 38.4 Å². The molecule has 1 aromatic carbocycles. The van der Waals surface area contributed by atoms with Crippen molar-refractivity contribution < 1.29 is 4.74 Å². The van der Waals surface area contributed by atoms with Crippen LogP contribution in [0.2, 0.25) is 0 Å². The molecule has 2 N–H and O–H groups in total. The minimum Gasteiger partial charge on any atom is -0.494 e. The van der Waals surface area contributed by atoms with E-state index in [1.807, 2.05) is 37.4 Å². The fourth-order valence-corrected chi connectivity index (χ4v) is 3.08. The van der Waals surface area contributed by atoms with Crippen molar-refractivity contribution in [2.45, 2.75) is 38.1 Å². The highest BCUT2D eigenvalue weighted by atomic mass is 16.5. The summed E-state index contributed by atoms with van der Waals surface area (Å²) in [5.74, 6) is 1.80. The first-order valence-electron chi connectivity index (χ1n) is 9.12. The summed E-state index contributed by atoms with van der Waals surface area (Å²) in [5, 5.41) is 6.73. The largest absolute Gasteiger partial charge is 0.494 e. The number of benzene rings is 1. The zero-order valence-corrected chi connectivity index (χ0v) is 15.1. The number of hydrogen-bond acceptors (Lipinski definition) is 3. The first kappa shape index (κ1) is 18.6. The zero-order valence-electron chi connectivity index (χ0n) is 15.1. The maximum absolute atomic E-state index is 5.68. The Morgan fingerprint density at radius 2 is 1.88 bits per heavy atom. The highest BCUT2D eigenvalue weighted by molar-refractivity contribution is 5.79. The third-order valence-electron chi connectivity index (χ3n) is 4.55. The lowest BCUT2D eigenvalue weighted by Gasteiger charge is -2.24. The number of nitrogens with zero attached hydrogens (tertiary/aromatic N) is 2. The standard InChI is InChI=1S/C19H32N4O/c1-20-19(22-14-15-23(2)17-9-6-7-10-17)21-13-8-16-24-18-11-4-3-5-12-18/h3-5,11-12,17H,6-10,13-16H2,1-2H3,(H2,20,21,22). The molecule has 1 aromatic rings. The van der Waals surface area contributed by atoms with Gasteiger partial charge in [-0.3, -0.25) is 4.99 Å². The summed E-state index contributed by atoms with van der Waals surface area (Å²) in [5.41, 5.74) is 0. The molecule has 0 amide bonds. The first-order chi connectivity index (χ1) is 11.8. The molecule has 0 aromatic heterocycles. The molecular formula is C19H32N4O. The van der Waals surface area contributed by atoms with Crippen LogP contribution in [-0.4, -0.2) is 57.2 Å². The van der Waals surface area contributed by atoms with Gasteiger partial charge in [0.05, 0.1) is 6.61 Å². The van der Waals surface area contributed by atoms with E-state index in [0.717, 1.165) is 43.8 Å². The molecule has 5 heteroatoms. The molecule has 1 fully saturated rings. The van der Waals surface area contributed by atoms with E-state index in [9.17, 15) is 0 Å². The number of rotatable bonds is 9. The predicted octanol–water partition coefficient (Wildman–Crippen LogP) is 2.49. The molecule has 0 unspecified atom stereocenters. The predicted molar refractivity (Wildman–Crippen MR) is 101 cm³/mol.